The van der Waals surface area contributed by atoms with E-state index in [9.17, 15) is 13.6 Å². The first-order valence-electron chi connectivity index (χ1n) is 8.04. The number of hydrogen-bond donors (Lipinski definition) is 1. The second kappa shape index (κ2) is 7.58. The molecule has 0 radical (unpaired) electrons. The van der Waals surface area contributed by atoms with Crippen molar-refractivity contribution in [3.05, 3.63) is 34.9 Å². The van der Waals surface area contributed by atoms with E-state index in [1.807, 2.05) is 6.92 Å². The van der Waals surface area contributed by atoms with Crippen molar-refractivity contribution in [1.82, 2.24) is 10.2 Å². The molecule has 2 heterocycles. The number of carbonyl (C=O) groups is 1. The molecule has 1 amide bonds. The molecule has 1 aromatic rings. The molecule has 2 aliphatic heterocycles. The second-order valence-electron chi connectivity index (χ2n) is 6.37. The highest BCUT2D eigenvalue weighted by molar-refractivity contribution is 5.85. The standard InChI is InChI=1S/C17H22F2N2O.ClH/c1-11-15-8-13(18)9-16(19)14(15)5-7-21(11)17(22)3-2-12-4-6-20-10-12;/h8-9,11-12,20H,2-7,10H2,1H3;1H. The van der Waals surface area contributed by atoms with Crippen LogP contribution in [0.2, 0.25) is 0 Å². The summed E-state index contributed by atoms with van der Waals surface area (Å²) in [6.45, 7) is 4.39. The van der Waals surface area contributed by atoms with Crippen LogP contribution in [0.25, 0.3) is 0 Å². The van der Waals surface area contributed by atoms with E-state index < -0.39 is 11.6 Å². The SMILES string of the molecule is CC1c2cc(F)cc(F)c2CCN1C(=O)CCC1CCNC1.Cl. The molecule has 6 heteroatoms. The zero-order chi connectivity index (χ0) is 15.7. The van der Waals surface area contributed by atoms with Crippen molar-refractivity contribution in [2.24, 2.45) is 5.92 Å². The molecule has 128 valence electrons. The van der Waals surface area contributed by atoms with Crippen molar-refractivity contribution in [3.63, 3.8) is 0 Å². The summed E-state index contributed by atoms with van der Waals surface area (Å²) in [6, 6.07) is 2.03. The quantitative estimate of drug-likeness (QED) is 0.913. The van der Waals surface area contributed by atoms with Crippen molar-refractivity contribution in [2.45, 2.75) is 38.6 Å². The van der Waals surface area contributed by atoms with Gasteiger partial charge in [0, 0.05) is 19.0 Å². The van der Waals surface area contributed by atoms with E-state index in [4.69, 9.17) is 0 Å². The summed E-state index contributed by atoms with van der Waals surface area (Å²) in [5.74, 6) is -0.402. The van der Waals surface area contributed by atoms with Crippen LogP contribution < -0.4 is 5.32 Å². The van der Waals surface area contributed by atoms with Crippen molar-refractivity contribution in [1.29, 1.82) is 0 Å². The molecule has 0 saturated carbocycles. The van der Waals surface area contributed by atoms with Gasteiger partial charge in [-0.1, -0.05) is 0 Å². The molecule has 0 aromatic heterocycles. The Hall–Kier alpha value is -1.20. The number of fused-ring (bicyclic) bond motifs is 1. The third-order valence-corrected chi connectivity index (χ3v) is 4.96. The van der Waals surface area contributed by atoms with Gasteiger partial charge in [-0.2, -0.15) is 0 Å². The number of nitrogens with one attached hydrogen (secondary N) is 1. The van der Waals surface area contributed by atoms with Gasteiger partial charge in [-0.25, -0.2) is 8.78 Å². The largest absolute Gasteiger partial charge is 0.336 e. The topological polar surface area (TPSA) is 32.3 Å². The van der Waals surface area contributed by atoms with E-state index in [2.05, 4.69) is 5.32 Å². The molecule has 1 aromatic carbocycles. The van der Waals surface area contributed by atoms with E-state index in [1.54, 1.807) is 4.90 Å². The molecular weight excluding hydrogens is 322 g/mol. The van der Waals surface area contributed by atoms with Crippen LogP contribution in [0, 0.1) is 17.6 Å². The van der Waals surface area contributed by atoms with Crippen LogP contribution in [0.15, 0.2) is 12.1 Å². The monoisotopic (exact) mass is 344 g/mol. The third kappa shape index (κ3) is 3.83. The molecule has 23 heavy (non-hydrogen) atoms. The van der Waals surface area contributed by atoms with Gasteiger partial charge >= 0.3 is 0 Å². The zero-order valence-corrected chi connectivity index (χ0v) is 14.1. The van der Waals surface area contributed by atoms with Gasteiger partial charge in [0.1, 0.15) is 11.6 Å². The van der Waals surface area contributed by atoms with Gasteiger partial charge in [0.15, 0.2) is 0 Å². The molecule has 1 N–H and O–H groups in total. The molecule has 3 nitrogen and oxygen atoms in total. The van der Waals surface area contributed by atoms with Gasteiger partial charge in [-0.3, -0.25) is 4.79 Å². The molecule has 0 spiro atoms. The highest BCUT2D eigenvalue weighted by atomic mass is 35.5. The lowest BCUT2D eigenvalue weighted by atomic mass is 9.92. The molecule has 0 aliphatic carbocycles. The Bertz CT molecular complexity index is 576. The van der Waals surface area contributed by atoms with Crippen LogP contribution in [0.4, 0.5) is 8.78 Å². The maximum absolute atomic E-state index is 13.8. The summed E-state index contributed by atoms with van der Waals surface area (Å²) >= 11 is 0. The Morgan fingerprint density at radius 2 is 2.17 bits per heavy atom. The van der Waals surface area contributed by atoms with Crippen LogP contribution in [0.3, 0.4) is 0 Å². The Balaban J connectivity index is 0.00000192. The summed E-state index contributed by atoms with van der Waals surface area (Å²) in [7, 11) is 0. The lowest BCUT2D eigenvalue weighted by molar-refractivity contribution is -0.134. The normalized spacial score (nSPS) is 23.3. The average Bonchev–Trinajstić information content (AvgIpc) is 2.99. The Labute approximate surface area is 141 Å². The second-order valence-corrected chi connectivity index (χ2v) is 6.37. The van der Waals surface area contributed by atoms with E-state index >= 15 is 0 Å². The molecule has 2 aliphatic rings. The highest BCUT2D eigenvalue weighted by Crippen LogP contribution is 2.32. The lowest BCUT2D eigenvalue weighted by Gasteiger charge is -2.35. The molecule has 3 rings (SSSR count). The minimum Gasteiger partial charge on any atom is -0.336 e. The number of amides is 1. The maximum Gasteiger partial charge on any atom is 0.223 e. The lowest BCUT2D eigenvalue weighted by Crippen LogP contribution is -2.39. The Morgan fingerprint density at radius 3 is 2.87 bits per heavy atom. The molecule has 2 unspecified atom stereocenters. The number of carbonyl (C=O) groups excluding carboxylic acids is 1. The fraction of sp³-hybridized carbons (Fsp3) is 0.588. The number of nitrogens with zero attached hydrogens (tertiary/aromatic N) is 1. The molecule has 1 saturated heterocycles. The molecular formula is C17H23ClF2N2O. The highest BCUT2D eigenvalue weighted by Gasteiger charge is 2.30. The van der Waals surface area contributed by atoms with Crippen molar-refractivity contribution in [2.75, 3.05) is 19.6 Å². The first-order valence-corrected chi connectivity index (χ1v) is 8.04. The van der Waals surface area contributed by atoms with Crippen molar-refractivity contribution >= 4 is 18.3 Å². The Morgan fingerprint density at radius 1 is 1.39 bits per heavy atom. The van der Waals surface area contributed by atoms with Crippen molar-refractivity contribution < 1.29 is 13.6 Å². The number of benzene rings is 1. The van der Waals surface area contributed by atoms with Crippen molar-refractivity contribution in [3.8, 4) is 0 Å². The first-order chi connectivity index (χ1) is 10.6. The third-order valence-electron chi connectivity index (χ3n) is 4.96. The summed E-state index contributed by atoms with van der Waals surface area (Å²) in [5, 5.41) is 3.30. The first kappa shape index (κ1) is 18.1. The number of rotatable bonds is 3. The molecule has 0 bridgehead atoms. The van der Waals surface area contributed by atoms with Gasteiger partial charge in [-0.15, -0.1) is 12.4 Å². The van der Waals surface area contributed by atoms with Gasteiger partial charge in [-0.05, 0) is 62.4 Å². The van der Waals surface area contributed by atoms with E-state index in [0.717, 1.165) is 32.0 Å². The summed E-state index contributed by atoms with van der Waals surface area (Å²) in [6.07, 6.45) is 2.99. The summed E-state index contributed by atoms with van der Waals surface area (Å²) < 4.78 is 27.3. The fourth-order valence-electron chi connectivity index (χ4n) is 3.63. The van der Waals surface area contributed by atoms with Gasteiger partial charge in [0.2, 0.25) is 5.91 Å². The molecule has 2 atom stereocenters. The maximum atomic E-state index is 13.8. The van der Waals surface area contributed by atoms with Crippen LogP contribution in [-0.4, -0.2) is 30.4 Å². The van der Waals surface area contributed by atoms with Crippen LogP contribution in [-0.2, 0) is 11.2 Å². The predicted octanol–water partition coefficient (Wildman–Crippen LogP) is 3.22. The number of hydrogen-bond acceptors (Lipinski definition) is 2. The fourth-order valence-corrected chi connectivity index (χ4v) is 3.63. The minimum atomic E-state index is -0.575. The van der Waals surface area contributed by atoms with Crippen LogP contribution >= 0.6 is 12.4 Å². The minimum absolute atomic E-state index is 0. The smallest absolute Gasteiger partial charge is 0.223 e. The van der Waals surface area contributed by atoms with Crippen LogP contribution in [0.5, 0.6) is 0 Å². The van der Waals surface area contributed by atoms with Gasteiger partial charge in [0.05, 0.1) is 6.04 Å². The van der Waals surface area contributed by atoms with E-state index in [0.29, 0.717) is 36.4 Å². The number of halogens is 3. The predicted molar refractivity (Wildman–Crippen MR) is 87.6 cm³/mol. The van der Waals surface area contributed by atoms with E-state index in [1.165, 1.54) is 6.07 Å². The van der Waals surface area contributed by atoms with E-state index in [-0.39, 0.29) is 24.4 Å². The van der Waals surface area contributed by atoms with Gasteiger partial charge < -0.3 is 10.2 Å². The summed E-state index contributed by atoms with van der Waals surface area (Å²) in [5.41, 5.74) is 1.16. The molecule has 1 fully saturated rings. The Kier molecular flexibility index (Phi) is 5.98. The van der Waals surface area contributed by atoms with Crippen LogP contribution in [0.1, 0.15) is 43.4 Å². The van der Waals surface area contributed by atoms with Gasteiger partial charge in [0.25, 0.3) is 0 Å². The average molecular weight is 345 g/mol. The zero-order valence-electron chi connectivity index (χ0n) is 13.3. The summed E-state index contributed by atoms with van der Waals surface area (Å²) in [4.78, 5) is 14.2.